The van der Waals surface area contributed by atoms with Crippen LogP contribution in [-0.2, 0) is 14.8 Å². The lowest BCUT2D eigenvalue weighted by molar-refractivity contribution is 0.0911. The molecule has 0 bridgehead atoms. The molecule has 2 atom stereocenters. The van der Waals surface area contributed by atoms with Gasteiger partial charge in [-0.1, -0.05) is 6.42 Å². The molecule has 0 aromatic rings. The second-order valence-corrected chi connectivity index (χ2v) is 6.50. The van der Waals surface area contributed by atoms with E-state index < -0.39 is 10.0 Å². The summed E-state index contributed by atoms with van der Waals surface area (Å²) < 4.78 is 31.3. The van der Waals surface area contributed by atoms with Crippen molar-refractivity contribution >= 4 is 10.0 Å². The van der Waals surface area contributed by atoms with Crippen molar-refractivity contribution in [2.75, 3.05) is 12.4 Å². The number of ether oxygens (including phenoxy) is 1. The number of sulfonamides is 1. The van der Waals surface area contributed by atoms with Crippen molar-refractivity contribution in [1.82, 2.24) is 4.72 Å². The highest BCUT2D eigenvalue weighted by Crippen LogP contribution is 2.25. The molecule has 0 heterocycles. The maximum atomic E-state index is 11.7. The third-order valence-electron chi connectivity index (χ3n) is 2.82. The van der Waals surface area contributed by atoms with Crippen LogP contribution in [0.15, 0.2) is 0 Å². The predicted octanol–water partition coefficient (Wildman–Crippen LogP) is 1.02. The normalized spacial score (nSPS) is 25.1. The highest BCUT2D eigenvalue weighted by Gasteiger charge is 2.30. The van der Waals surface area contributed by atoms with Crippen LogP contribution >= 0.6 is 0 Å². The van der Waals surface area contributed by atoms with Crippen LogP contribution in [0.25, 0.3) is 0 Å². The number of nitrogens with zero attached hydrogens (tertiary/aromatic N) is 1. The molecule has 17 heavy (non-hydrogen) atoms. The average Bonchev–Trinajstić information content (AvgIpc) is 2.63. The molecule has 6 heteroatoms. The van der Waals surface area contributed by atoms with Gasteiger partial charge in [-0.05, 0) is 26.7 Å². The summed E-state index contributed by atoms with van der Waals surface area (Å²) in [7, 11) is -3.33. The van der Waals surface area contributed by atoms with Gasteiger partial charge in [0, 0.05) is 6.04 Å². The summed E-state index contributed by atoms with van der Waals surface area (Å²) in [5.41, 5.74) is 0. The molecule has 1 N–H and O–H groups in total. The van der Waals surface area contributed by atoms with E-state index in [4.69, 9.17) is 10.00 Å². The van der Waals surface area contributed by atoms with Gasteiger partial charge in [-0.2, -0.15) is 5.26 Å². The molecule has 0 spiro atoms. The van der Waals surface area contributed by atoms with Gasteiger partial charge in [0.1, 0.15) is 0 Å². The Bertz CT molecular complexity index is 373. The second-order valence-electron chi connectivity index (χ2n) is 4.63. The topological polar surface area (TPSA) is 79.2 Å². The van der Waals surface area contributed by atoms with Crippen molar-refractivity contribution in [1.29, 1.82) is 5.26 Å². The van der Waals surface area contributed by atoms with Crippen molar-refractivity contribution in [3.63, 3.8) is 0 Å². The molecule has 0 aliphatic heterocycles. The van der Waals surface area contributed by atoms with Crippen molar-refractivity contribution in [3.05, 3.63) is 0 Å². The van der Waals surface area contributed by atoms with Crippen molar-refractivity contribution in [2.24, 2.45) is 5.92 Å². The van der Waals surface area contributed by atoms with Gasteiger partial charge in [0.05, 0.1) is 30.5 Å². The van der Waals surface area contributed by atoms with E-state index in [1.165, 1.54) is 0 Å². The Morgan fingerprint density at radius 3 is 2.76 bits per heavy atom. The first-order valence-electron chi connectivity index (χ1n) is 5.96. The van der Waals surface area contributed by atoms with Gasteiger partial charge in [0.15, 0.2) is 0 Å². The van der Waals surface area contributed by atoms with Crippen LogP contribution < -0.4 is 4.72 Å². The zero-order valence-electron chi connectivity index (χ0n) is 10.3. The molecule has 0 saturated heterocycles. The Morgan fingerprint density at radius 1 is 1.47 bits per heavy atom. The summed E-state index contributed by atoms with van der Waals surface area (Å²) in [4.78, 5) is 0. The third kappa shape index (κ3) is 5.02. The molecule has 0 radical (unpaired) electrons. The van der Waals surface area contributed by atoms with Crippen molar-refractivity contribution in [3.8, 4) is 6.07 Å². The Balaban J connectivity index is 2.41. The lowest BCUT2D eigenvalue weighted by atomic mass is 10.1. The van der Waals surface area contributed by atoms with E-state index in [1.807, 2.05) is 13.8 Å². The summed E-state index contributed by atoms with van der Waals surface area (Å²) in [5.74, 6) is -0.226. The van der Waals surface area contributed by atoms with Gasteiger partial charge in [-0.15, -0.1) is 0 Å². The third-order valence-corrected chi connectivity index (χ3v) is 4.18. The van der Waals surface area contributed by atoms with Gasteiger partial charge in [-0.25, -0.2) is 13.1 Å². The molecule has 2 unspecified atom stereocenters. The highest BCUT2D eigenvalue weighted by molar-refractivity contribution is 7.89. The van der Waals surface area contributed by atoms with Gasteiger partial charge < -0.3 is 4.74 Å². The van der Waals surface area contributed by atoms with Crippen LogP contribution in [-0.4, -0.2) is 32.9 Å². The molecular formula is C11H20N2O3S. The maximum Gasteiger partial charge on any atom is 0.214 e. The smallest absolute Gasteiger partial charge is 0.214 e. The molecule has 1 aliphatic carbocycles. The second kappa shape index (κ2) is 6.34. The van der Waals surface area contributed by atoms with E-state index in [9.17, 15) is 8.42 Å². The number of hydrogen-bond donors (Lipinski definition) is 1. The minimum atomic E-state index is -3.33. The van der Waals surface area contributed by atoms with Gasteiger partial charge >= 0.3 is 0 Å². The largest absolute Gasteiger partial charge is 0.378 e. The van der Waals surface area contributed by atoms with Gasteiger partial charge in [0.25, 0.3) is 0 Å². The van der Waals surface area contributed by atoms with Crippen molar-refractivity contribution in [2.45, 2.75) is 45.3 Å². The fourth-order valence-corrected chi connectivity index (χ4v) is 3.12. The zero-order chi connectivity index (χ0) is 12.9. The minimum Gasteiger partial charge on any atom is -0.378 e. The highest BCUT2D eigenvalue weighted by atomic mass is 32.2. The monoisotopic (exact) mass is 260 g/mol. The van der Waals surface area contributed by atoms with E-state index in [2.05, 4.69) is 10.8 Å². The number of nitrogens with one attached hydrogen (secondary N) is 1. The molecule has 0 aromatic heterocycles. The SMILES string of the molecule is CC(C)OCCS(=O)(=O)NC1CCCC1C#N. The standard InChI is InChI=1S/C11H20N2O3S/c1-9(2)16-6-7-17(14,15)13-11-5-3-4-10(11)8-12/h9-11,13H,3-7H2,1-2H3. The van der Waals surface area contributed by atoms with Crippen LogP contribution in [0.4, 0.5) is 0 Å². The lowest BCUT2D eigenvalue weighted by Gasteiger charge is -2.16. The Hall–Kier alpha value is -0.640. The molecule has 0 amide bonds. The van der Waals surface area contributed by atoms with E-state index in [0.717, 1.165) is 19.3 Å². The van der Waals surface area contributed by atoms with Gasteiger partial charge in [0.2, 0.25) is 10.0 Å². The first-order valence-corrected chi connectivity index (χ1v) is 7.61. The van der Waals surface area contributed by atoms with E-state index in [-0.39, 0.29) is 30.4 Å². The van der Waals surface area contributed by atoms with Crippen LogP contribution in [0.2, 0.25) is 0 Å². The van der Waals surface area contributed by atoms with Crippen LogP contribution in [0.1, 0.15) is 33.1 Å². The molecular weight excluding hydrogens is 240 g/mol. The fourth-order valence-electron chi connectivity index (χ4n) is 1.94. The molecule has 1 aliphatic rings. The Labute approximate surface area is 103 Å². The Morgan fingerprint density at radius 2 is 2.18 bits per heavy atom. The number of hydrogen-bond acceptors (Lipinski definition) is 4. The first kappa shape index (κ1) is 14.4. The molecule has 1 rings (SSSR count). The minimum absolute atomic E-state index is 0.0311. The van der Waals surface area contributed by atoms with Gasteiger partial charge in [-0.3, -0.25) is 0 Å². The summed E-state index contributed by atoms with van der Waals surface area (Å²) in [6.45, 7) is 3.92. The predicted molar refractivity (Wildman–Crippen MR) is 64.8 cm³/mol. The van der Waals surface area contributed by atoms with Crippen LogP contribution in [0.3, 0.4) is 0 Å². The first-order chi connectivity index (χ1) is 7.94. The van der Waals surface area contributed by atoms with E-state index in [0.29, 0.717) is 0 Å². The summed E-state index contributed by atoms with van der Waals surface area (Å²) in [5, 5.41) is 8.87. The molecule has 98 valence electrons. The summed E-state index contributed by atoms with van der Waals surface area (Å²) in [6, 6.07) is 1.93. The Kier molecular flexibility index (Phi) is 5.37. The number of nitriles is 1. The fraction of sp³-hybridized carbons (Fsp3) is 0.909. The molecule has 1 fully saturated rings. The van der Waals surface area contributed by atoms with Crippen molar-refractivity contribution < 1.29 is 13.2 Å². The van der Waals surface area contributed by atoms with E-state index >= 15 is 0 Å². The molecule has 0 aromatic carbocycles. The van der Waals surface area contributed by atoms with Crippen LogP contribution in [0.5, 0.6) is 0 Å². The maximum absolute atomic E-state index is 11.7. The summed E-state index contributed by atoms with van der Waals surface area (Å²) >= 11 is 0. The molecule has 5 nitrogen and oxygen atoms in total. The van der Waals surface area contributed by atoms with Crippen LogP contribution in [0, 0.1) is 17.2 Å². The summed E-state index contributed by atoms with van der Waals surface area (Å²) in [6.07, 6.45) is 2.48. The zero-order valence-corrected chi connectivity index (χ0v) is 11.2. The number of rotatable bonds is 6. The van der Waals surface area contributed by atoms with E-state index in [1.54, 1.807) is 0 Å². The molecule has 1 saturated carbocycles. The lowest BCUT2D eigenvalue weighted by Crippen LogP contribution is -2.39. The average molecular weight is 260 g/mol. The quantitative estimate of drug-likeness (QED) is 0.773.